The molecule has 0 bridgehead atoms. The summed E-state index contributed by atoms with van der Waals surface area (Å²) in [5, 5.41) is 4.40. The van der Waals surface area contributed by atoms with Crippen molar-refractivity contribution >= 4 is 17.2 Å². The maximum atomic E-state index is 13.7. The molecule has 1 saturated heterocycles. The van der Waals surface area contributed by atoms with Crippen molar-refractivity contribution in [3.05, 3.63) is 53.9 Å². The van der Waals surface area contributed by atoms with E-state index in [1.54, 1.807) is 23.0 Å². The Bertz CT molecular complexity index is 1130. The minimum absolute atomic E-state index is 0.0373. The molecule has 1 aliphatic heterocycles. The van der Waals surface area contributed by atoms with Crippen molar-refractivity contribution in [1.82, 2.24) is 19.6 Å². The molecule has 7 heteroatoms. The number of anilines is 1. The monoisotopic (exact) mass is 419 g/mol. The second kappa shape index (κ2) is 7.39. The van der Waals surface area contributed by atoms with Gasteiger partial charge < -0.3 is 4.90 Å². The Morgan fingerprint density at radius 1 is 1.03 bits per heavy atom. The minimum atomic E-state index is -0.321. The number of hydrogen-bond donors (Lipinski definition) is 0. The fourth-order valence-corrected chi connectivity index (χ4v) is 5.93. The standard InChI is InChI=1S/C24H26FN5O/c25-16-11-15(12-26-13-16)20-7-4-9-29(20)21-8-10-30-24(28-21)19(14-27-30)23(31)22-17-5-2-1-3-6-18(17)22/h8,10-14,17-18,20,22H,1-7,9H2/t17?,18?,20-,22?/m1/s1. The molecule has 3 fully saturated rings. The zero-order chi connectivity index (χ0) is 20.9. The van der Waals surface area contributed by atoms with Gasteiger partial charge in [-0.15, -0.1) is 0 Å². The van der Waals surface area contributed by atoms with Crippen molar-refractivity contribution in [2.75, 3.05) is 11.4 Å². The van der Waals surface area contributed by atoms with E-state index in [4.69, 9.17) is 4.98 Å². The Kier molecular flexibility index (Phi) is 4.51. The van der Waals surface area contributed by atoms with E-state index in [-0.39, 0.29) is 23.6 Å². The molecule has 0 amide bonds. The van der Waals surface area contributed by atoms with E-state index in [0.717, 1.165) is 30.8 Å². The fourth-order valence-electron chi connectivity index (χ4n) is 5.93. The van der Waals surface area contributed by atoms with Crippen LogP contribution in [0.25, 0.3) is 5.65 Å². The Labute approximate surface area is 180 Å². The van der Waals surface area contributed by atoms with Gasteiger partial charge in [-0.3, -0.25) is 9.78 Å². The quantitative estimate of drug-likeness (QED) is 0.578. The minimum Gasteiger partial charge on any atom is -0.349 e. The first-order chi connectivity index (χ1) is 15.2. The van der Waals surface area contributed by atoms with Crippen molar-refractivity contribution in [1.29, 1.82) is 0 Å². The molecule has 3 aliphatic rings. The normalized spacial score (nSPS) is 27.8. The second-order valence-electron chi connectivity index (χ2n) is 9.26. The van der Waals surface area contributed by atoms with E-state index in [0.29, 0.717) is 23.0 Å². The number of carbonyl (C=O) groups is 1. The number of nitrogens with zero attached hydrogens (tertiary/aromatic N) is 5. The molecule has 0 aromatic carbocycles. The number of fused-ring (bicyclic) bond motifs is 2. The summed E-state index contributed by atoms with van der Waals surface area (Å²) in [6.45, 7) is 0.842. The van der Waals surface area contributed by atoms with Gasteiger partial charge in [0.25, 0.3) is 0 Å². The maximum absolute atomic E-state index is 13.7. The SMILES string of the molecule is O=C(c1cnn2ccc(N3CCC[C@@H]3c3cncc(F)c3)nc12)C1C2CCCCCC21. The van der Waals surface area contributed by atoms with Crippen LogP contribution in [0.2, 0.25) is 0 Å². The molecule has 160 valence electrons. The van der Waals surface area contributed by atoms with Gasteiger partial charge in [0.05, 0.1) is 24.0 Å². The smallest absolute Gasteiger partial charge is 0.171 e. The van der Waals surface area contributed by atoms with E-state index in [1.807, 2.05) is 12.3 Å². The van der Waals surface area contributed by atoms with Crippen molar-refractivity contribution < 1.29 is 9.18 Å². The van der Waals surface area contributed by atoms with Crippen molar-refractivity contribution in [2.24, 2.45) is 17.8 Å². The number of hydrogen-bond acceptors (Lipinski definition) is 5. The summed E-state index contributed by atoms with van der Waals surface area (Å²) in [5.74, 6) is 1.95. The third-order valence-corrected chi connectivity index (χ3v) is 7.49. The van der Waals surface area contributed by atoms with E-state index < -0.39 is 0 Å². The molecule has 0 N–H and O–H groups in total. The molecule has 3 atom stereocenters. The van der Waals surface area contributed by atoms with Crippen LogP contribution in [0.4, 0.5) is 10.2 Å². The van der Waals surface area contributed by atoms with Gasteiger partial charge in [-0.2, -0.15) is 5.10 Å². The lowest BCUT2D eigenvalue weighted by Crippen LogP contribution is -2.24. The number of halogens is 1. The Balaban J connectivity index is 1.31. The summed E-state index contributed by atoms with van der Waals surface area (Å²) in [5.41, 5.74) is 2.14. The van der Waals surface area contributed by atoms with E-state index in [9.17, 15) is 9.18 Å². The molecular weight excluding hydrogens is 393 g/mol. The number of ketones is 1. The summed E-state index contributed by atoms with van der Waals surface area (Å²) in [7, 11) is 0. The second-order valence-corrected chi connectivity index (χ2v) is 9.26. The largest absolute Gasteiger partial charge is 0.349 e. The lowest BCUT2D eigenvalue weighted by Gasteiger charge is -2.26. The van der Waals surface area contributed by atoms with Gasteiger partial charge in [0, 0.05) is 24.9 Å². The third-order valence-electron chi connectivity index (χ3n) is 7.49. The molecule has 2 aliphatic carbocycles. The van der Waals surface area contributed by atoms with E-state index in [2.05, 4.69) is 15.0 Å². The number of carbonyl (C=O) groups excluding carboxylic acids is 1. The number of aromatic nitrogens is 4. The predicted molar refractivity (Wildman–Crippen MR) is 114 cm³/mol. The van der Waals surface area contributed by atoms with Gasteiger partial charge in [0.15, 0.2) is 11.4 Å². The van der Waals surface area contributed by atoms with Crippen LogP contribution < -0.4 is 4.90 Å². The van der Waals surface area contributed by atoms with Crippen LogP contribution in [0.1, 0.15) is 66.9 Å². The van der Waals surface area contributed by atoms with E-state index >= 15 is 0 Å². The lowest BCUT2D eigenvalue weighted by molar-refractivity contribution is 0.0955. The highest BCUT2D eigenvalue weighted by atomic mass is 19.1. The predicted octanol–water partition coefficient (Wildman–Crippen LogP) is 4.61. The molecule has 2 unspecified atom stereocenters. The Morgan fingerprint density at radius 2 is 1.87 bits per heavy atom. The maximum Gasteiger partial charge on any atom is 0.171 e. The Hall–Kier alpha value is -2.83. The average Bonchev–Trinajstić information content (AvgIpc) is 3.09. The first-order valence-corrected chi connectivity index (χ1v) is 11.5. The summed E-state index contributed by atoms with van der Waals surface area (Å²) < 4.78 is 15.4. The van der Waals surface area contributed by atoms with Crippen LogP contribution >= 0.6 is 0 Å². The topological polar surface area (TPSA) is 63.4 Å². The third kappa shape index (κ3) is 3.22. The molecule has 3 aromatic heterocycles. The van der Waals surface area contributed by atoms with Gasteiger partial charge >= 0.3 is 0 Å². The zero-order valence-electron chi connectivity index (χ0n) is 17.5. The Morgan fingerprint density at radius 3 is 2.68 bits per heavy atom. The van der Waals surface area contributed by atoms with Crippen LogP contribution in [-0.4, -0.2) is 31.9 Å². The summed E-state index contributed by atoms with van der Waals surface area (Å²) in [4.78, 5) is 24.5. The lowest BCUT2D eigenvalue weighted by atomic mass is 10.0. The van der Waals surface area contributed by atoms with Crippen LogP contribution in [0.15, 0.2) is 36.9 Å². The van der Waals surface area contributed by atoms with Crippen LogP contribution in [0, 0.1) is 23.6 Å². The molecule has 6 rings (SSSR count). The highest BCUT2D eigenvalue weighted by Gasteiger charge is 2.54. The van der Waals surface area contributed by atoms with Crippen molar-refractivity contribution in [3.63, 3.8) is 0 Å². The molecular formula is C24H26FN5O. The fraction of sp³-hybridized carbons (Fsp3) is 0.500. The average molecular weight is 420 g/mol. The summed E-state index contributed by atoms with van der Waals surface area (Å²) >= 11 is 0. The highest BCUT2D eigenvalue weighted by Crippen LogP contribution is 2.55. The zero-order valence-corrected chi connectivity index (χ0v) is 17.5. The van der Waals surface area contributed by atoms with Crippen molar-refractivity contribution in [2.45, 2.75) is 51.0 Å². The molecule has 3 aromatic rings. The van der Waals surface area contributed by atoms with Crippen LogP contribution in [-0.2, 0) is 0 Å². The van der Waals surface area contributed by atoms with Gasteiger partial charge in [-0.1, -0.05) is 19.3 Å². The van der Waals surface area contributed by atoms with Crippen molar-refractivity contribution in [3.8, 4) is 0 Å². The number of Topliss-reactive ketones (excluding diaryl/α,β-unsaturated/α-hetero) is 1. The van der Waals surface area contributed by atoms with Gasteiger partial charge in [0.1, 0.15) is 11.6 Å². The van der Waals surface area contributed by atoms with Gasteiger partial charge in [-0.25, -0.2) is 13.9 Å². The number of rotatable bonds is 4. The van der Waals surface area contributed by atoms with E-state index in [1.165, 1.54) is 38.3 Å². The summed E-state index contributed by atoms with van der Waals surface area (Å²) in [6.07, 6.45) is 14.6. The summed E-state index contributed by atoms with van der Waals surface area (Å²) in [6, 6.07) is 3.52. The van der Waals surface area contributed by atoms with Crippen LogP contribution in [0.3, 0.4) is 0 Å². The molecule has 6 nitrogen and oxygen atoms in total. The number of pyridine rings is 1. The molecule has 31 heavy (non-hydrogen) atoms. The molecule has 4 heterocycles. The highest BCUT2D eigenvalue weighted by molar-refractivity contribution is 6.04. The first kappa shape index (κ1) is 18.9. The van der Waals surface area contributed by atoms with Crippen LogP contribution in [0.5, 0.6) is 0 Å². The molecule has 2 saturated carbocycles. The molecule has 0 radical (unpaired) electrons. The van der Waals surface area contributed by atoms with Gasteiger partial charge in [-0.05, 0) is 55.2 Å². The molecule has 0 spiro atoms. The van der Waals surface area contributed by atoms with Gasteiger partial charge in [0.2, 0.25) is 0 Å². The first-order valence-electron chi connectivity index (χ1n) is 11.5.